The molecule has 0 bridgehead atoms. The zero-order valence-corrected chi connectivity index (χ0v) is 13.2. The Hall–Kier alpha value is -2.14. The highest BCUT2D eigenvalue weighted by Gasteiger charge is 2.30. The summed E-state index contributed by atoms with van der Waals surface area (Å²) in [5.41, 5.74) is 2.11. The molecule has 22 heavy (non-hydrogen) atoms. The van der Waals surface area contributed by atoms with Crippen LogP contribution in [0.3, 0.4) is 0 Å². The number of carbonyl (C=O) groups is 2. The number of anilines is 1. The van der Waals surface area contributed by atoms with Gasteiger partial charge in [-0.3, -0.25) is 9.59 Å². The monoisotopic (exact) mass is 314 g/mol. The van der Waals surface area contributed by atoms with Gasteiger partial charge in [0.15, 0.2) is 0 Å². The third-order valence-electron chi connectivity index (χ3n) is 3.85. The Morgan fingerprint density at radius 1 is 1.32 bits per heavy atom. The molecule has 0 spiro atoms. The molecular weight excluding hydrogens is 296 g/mol. The molecule has 2 heterocycles. The Morgan fingerprint density at radius 3 is 2.77 bits per heavy atom. The number of hydrogen-bond acceptors (Lipinski definition) is 3. The van der Waals surface area contributed by atoms with Gasteiger partial charge in [-0.1, -0.05) is 23.8 Å². The van der Waals surface area contributed by atoms with Crippen molar-refractivity contribution in [1.29, 1.82) is 0 Å². The predicted molar refractivity (Wildman–Crippen MR) is 88.3 cm³/mol. The Balaban J connectivity index is 1.58. The van der Waals surface area contributed by atoms with Gasteiger partial charge in [0.1, 0.15) is 0 Å². The Labute approximate surface area is 133 Å². The fourth-order valence-corrected chi connectivity index (χ4v) is 3.26. The van der Waals surface area contributed by atoms with Gasteiger partial charge in [-0.05, 0) is 30.5 Å². The first-order chi connectivity index (χ1) is 10.6. The highest BCUT2D eigenvalue weighted by atomic mass is 32.1. The van der Waals surface area contributed by atoms with Crippen LogP contribution in [0.5, 0.6) is 0 Å². The minimum absolute atomic E-state index is 0.0590. The summed E-state index contributed by atoms with van der Waals surface area (Å²) in [6.45, 7) is 3.22. The lowest BCUT2D eigenvalue weighted by molar-refractivity contribution is -0.117. The number of carbonyl (C=O) groups excluding carboxylic acids is 2. The summed E-state index contributed by atoms with van der Waals surface area (Å²) in [7, 11) is 0. The topological polar surface area (TPSA) is 49.4 Å². The number of hydrogen-bond donors (Lipinski definition) is 1. The largest absolute Gasteiger partial charge is 0.351 e. The molecule has 1 atom stereocenters. The summed E-state index contributed by atoms with van der Waals surface area (Å²) < 4.78 is 0. The fourth-order valence-electron chi connectivity index (χ4n) is 2.62. The molecule has 1 aromatic heterocycles. The third kappa shape index (κ3) is 3.20. The first-order valence-electron chi connectivity index (χ1n) is 7.32. The van der Waals surface area contributed by atoms with Crippen LogP contribution >= 0.6 is 11.3 Å². The zero-order chi connectivity index (χ0) is 15.5. The SMILES string of the molecule is Cc1ccc(N2C[C@@H](CNC(=O)c3cccs3)CC2=O)cc1. The summed E-state index contributed by atoms with van der Waals surface area (Å²) in [5.74, 6) is 0.230. The van der Waals surface area contributed by atoms with Crippen LogP contribution in [-0.2, 0) is 4.79 Å². The quantitative estimate of drug-likeness (QED) is 0.943. The summed E-state index contributed by atoms with van der Waals surface area (Å²) in [6.07, 6.45) is 0.485. The molecule has 1 aliphatic heterocycles. The number of aryl methyl sites for hydroxylation is 1. The fraction of sp³-hybridized carbons (Fsp3) is 0.294. The lowest BCUT2D eigenvalue weighted by Crippen LogP contribution is -2.30. The number of nitrogens with zero attached hydrogens (tertiary/aromatic N) is 1. The van der Waals surface area contributed by atoms with E-state index in [0.29, 0.717) is 24.4 Å². The van der Waals surface area contributed by atoms with Crippen molar-refractivity contribution in [3.63, 3.8) is 0 Å². The smallest absolute Gasteiger partial charge is 0.261 e. The van der Waals surface area contributed by atoms with Crippen LogP contribution in [0.15, 0.2) is 41.8 Å². The van der Waals surface area contributed by atoms with Gasteiger partial charge >= 0.3 is 0 Å². The van der Waals surface area contributed by atoms with E-state index in [0.717, 1.165) is 5.69 Å². The van der Waals surface area contributed by atoms with E-state index in [1.54, 1.807) is 11.0 Å². The van der Waals surface area contributed by atoms with Crippen LogP contribution < -0.4 is 10.2 Å². The Kier molecular flexibility index (Phi) is 4.24. The Bertz CT molecular complexity index is 664. The van der Waals surface area contributed by atoms with Crippen molar-refractivity contribution in [1.82, 2.24) is 5.32 Å². The van der Waals surface area contributed by atoms with Gasteiger partial charge in [-0.25, -0.2) is 0 Å². The van der Waals surface area contributed by atoms with E-state index >= 15 is 0 Å². The van der Waals surface area contributed by atoms with E-state index in [4.69, 9.17) is 0 Å². The molecule has 1 N–H and O–H groups in total. The highest BCUT2D eigenvalue weighted by Crippen LogP contribution is 2.25. The average Bonchev–Trinajstić information content (AvgIpc) is 3.15. The van der Waals surface area contributed by atoms with Crippen molar-refractivity contribution in [2.75, 3.05) is 18.0 Å². The van der Waals surface area contributed by atoms with Gasteiger partial charge in [0.25, 0.3) is 5.91 Å². The van der Waals surface area contributed by atoms with E-state index < -0.39 is 0 Å². The molecule has 0 radical (unpaired) electrons. The van der Waals surface area contributed by atoms with Crippen LogP contribution in [0.25, 0.3) is 0 Å². The molecule has 1 aromatic carbocycles. The maximum Gasteiger partial charge on any atom is 0.261 e. The van der Waals surface area contributed by atoms with Crippen molar-refractivity contribution in [3.8, 4) is 0 Å². The molecule has 3 rings (SSSR count). The summed E-state index contributed by atoms with van der Waals surface area (Å²) in [6, 6.07) is 11.6. The number of nitrogens with one attached hydrogen (secondary N) is 1. The first-order valence-corrected chi connectivity index (χ1v) is 8.20. The van der Waals surface area contributed by atoms with Gasteiger partial charge in [-0.15, -0.1) is 11.3 Å². The van der Waals surface area contributed by atoms with E-state index in [-0.39, 0.29) is 17.7 Å². The molecule has 5 heteroatoms. The average molecular weight is 314 g/mol. The summed E-state index contributed by atoms with van der Waals surface area (Å²) in [4.78, 5) is 26.6. The predicted octanol–water partition coefficient (Wildman–Crippen LogP) is 2.84. The van der Waals surface area contributed by atoms with E-state index in [1.165, 1.54) is 16.9 Å². The molecule has 2 aromatic rings. The summed E-state index contributed by atoms with van der Waals surface area (Å²) in [5, 5.41) is 4.80. The van der Waals surface area contributed by atoms with Gasteiger partial charge in [0.05, 0.1) is 4.88 Å². The second-order valence-corrected chi connectivity index (χ2v) is 6.55. The number of rotatable bonds is 4. The molecule has 1 saturated heterocycles. The highest BCUT2D eigenvalue weighted by molar-refractivity contribution is 7.12. The number of benzene rings is 1. The van der Waals surface area contributed by atoms with Crippen LogP contribution in [0.2, 0.25) is 0 Å². The van der Waals surface area contributed by atoms with Gasteiger partial charge < -0.3 is 10.2 Å². The van der Waals surface area contributed by atoms with Crippen LogP contribution in [0.1, 0.15) is 21.7 Å². The molecule has 1 fully saturated rings. The van der Waals surface area contributed by atoms with Gasteiger partial charge in [0.2, 0.25) is 5.91 Å². The lowest BCUT2D eigenvalue weighted by Gasteiger charge is -2.17. The molecule has 0 aliphatic carbocycles. The van der Waals surface area contributed by atoms with E-state index in [9.17, 15) is 9.59 Å². The Morgan fingerprint density at radius 2 is 2.09 bits per heavy atom. The van der Waals surface area contributed by atoms with Crippen LogP contribution in [0.4, 0.5) is 5.69 Å². The van der Waals surface area contributed by atoms with Crippen LogP contribution in [0, 0.1) is 12.8 Å². The molecule has 0 saturated carbocycles. The van der Waals surface area contributed by atoms with Crippen LogP contribution in [-0.4, -0.2) is 24.9 Å². The van der Waals surface area contributed by atoms with Gasteiger partial charge in [0, 0.05) is 31.1 Å². The zero-order valence-electron chi connectivity index (χ0n) is 12.4. The van der Waals surface area contributed by atoms with Crippen molar-refractivity contribution >= 4 is 28.8 Å². The molecule has 0 unspecified atom stereocenters. The minimum atomic E-state index is -0.0590. The maximum atomic E-state index is 12.2. The van der Waals surface area contributed by atoms with Crippen molar-refractivity contribution in [3.05, 3.63) is 52.2 Å². The van der Waals surface area contributed by atoms with E-state index in [2.05, 4.69) is 5.32 Å². The van der Waals surface area contributed by atoms with Gasteiger partial charge in [-0.2, -0.15) is 0 Å². The molecule has 1 aliphatic rings. The normalized spacial score (nSPS) is 17.8. The van der Waals surface area contributed by atoms with Crippen molar-refractivity contribution < 1.29 is 9.59 Å². The second-order valence-electron chi connectivity index (χ2n) is 5.60. The number of amides is 2. The molecule has 2 amide bonds. The molecule has 4 nitrogen and oxygen atoms in total. The number of thiophene rings is 1. The molecular formula is C17H18N2O2S. The van der Waals surface area contributed by atoms with Crippen molar-refractivity contribution in [2.45, 2.75) is 13.3 Å². The minimum Gasteiger partial charge on any atom is -0.351 e. The standard InChI is InChI=1S/C17H18N2O2S/c1-12-4-6-14(7-5-12)19-11-13(9-16(19)20)10-18-17(21)15-3-2-8-22-15/h2-8,13H,9-11H2,1H3,(H,18,21)/t13-/m1/s1. The lowest BCUT2D eigenvalue weighted by atomic mass is 10.1. The second kappa shape index (κ2) is 6.32. The maximum absolute atomic E-state index is 12.2. The summed E-state index contributed by atoms with van der Waals surface area (Å²) >= 11 is 1.42. The van der Waals surface area contributed by atoms with E-state index in [1.807, 2.05) is 42.6 Å². The molecule has 114 valence electrons. The third-order valence-corrected chi connectivity index (χ3v) is 4.72. The van der Waals surface area contributed by atoms with Crippen molar-refractivity contribution in [2.24, 2.45) is 5.92 Å². The first kappa shape index (κ1) is 14.8.